The van der Waals surface area contributed by atoms with Gasteiger partial charge >= 0.3 is 0 Å². The monoisotopic (exact) mass is 578 g/mol. The average molecular weight is 579 g/mol. The van der Waals surface area contributed by atoms with Crippen molar-refractivity contribution in [2.24, 2.45) is 0 Å². The van der Waals surface area contributed by atoms with Gasteiger partial charge in [0, 0.05) is 10.6 Å². The van der Waals surface area contributed by atoms with Crippen LogP contribution in [0.5, 0.6) is 11.5 Å². The third-order valence-electron chi connectivity index (χ3n) is 6.52. The van der Waals surface area contributed by atoms with Crippen molar-refractivity contribution >= 4 is 33.2 Å². The van der Waals surface area contributed by atoms with Gasteiger partial charge < -0.3 is 14.8 Å². The Labute approximate surface area is 240 Å². The maximum absolute atomic E-state index is 14.0. The largest absolute Gasteiger partial charge is 0.497 e. The number of rotatable bonds is 10. The van der Waals surface area contributed by atoms with Crippen molar-refractivity contribution in [1.82, 2.24) is 5.32 Å². The SMILES string of the molecule is COc1ccc(OC)c(C(C)NC(=O)c2ccccc2N(Cc2ccc(Cl)cc2)S(=O)(=O)c2ccc(C)cc2)c1. The maximum atomic E-state index is 14.0. The molecule has 0 aliphatic rings. The Morgan fingerprint density at radius 1 is 0.925 bits per heavy atom. The van der Waals surface area contributed by atoms with E-state index in [9.17, 15) is 13.2 Å². The molecule has 0 aliphatic carbocycles. The van der Waals surface area contributed by atoms with Crippen molar-refractivity contribution in [1.29, 1.82) is 0 Å². The quantitative estimate of drug-likeness (QED) is 0.231. The third-order valence-corrected chi connectivity index (χ3v) is 8.54. The Hall–Kier alpha value is -4.01. The molecule has 1 N–H and O–H groups in total. The van der Waals surface area contributed by atoms with E-state index in [4.69, 9.17) is 21.1 Å². The highest BCUT2D eigenvalue weighted by Crippen LogP contribution is 2.32. The summed E-state index contributed by atoms with van der Waals surface area (Å²) in [5.74, 6) is 0.775. The van der Waals surface area contributed by atoms with Crippen LogP contribution >= 0.6 is 11.6 Å². The third kappa shape index (κ3) is 6.41. The number of hydrogen-bond donors (Lipinski definition) is 1. The second-order valence-electron chi connectivity index (χ2n) is 9.27. The highest BCUT2D eigenvalue weighted by atomic mass is 35.5. The molecule has 0 saturated carbocycles. The molecule has 0 radical (unpaired) electrons. The molecule has 4 aromatic carbocycles. The number of ether oxygens (including phenoxy) is 2. The van der Waals surface area contributed by atoms with Gasteiger partial charge in [-0.15, -0.1) is 0 Å². The van der Waals surface area contributed by atoms with Crippen LogP contribution in [0.25, 0.3) is 0 Å². The van der Waals surface area contributed by atoms with E-state index in [-0.39, 0.29) is 22.7 Å². The van der Waals surface area contributed by atoms with E-state index in [1.165, 1.54) is 4.31 Å². The number of nitrogens with one attached hydrogen (secondary N) is 1. The molecule has 40 heavy (non-hydrogen) atoms. The Morgan fingerprint density at radius 3 is 2.25 bits per heavy atom. The molecule has 1 amide bonds. The normalized spacial score (nSPS) is 11.9. The highest BCUT2D eigenvalue weighted by Gasteiger charge is 2.29. The molecule has 0 saturated heterocycles. The summed E-state index contributed by atoms with van der Waals surface area (Å²) in [5, 5.41) is 3.53. The lowest BCUT2D eigenvalue weighted by Crippen LogP contribution is -2.34. The molecule has 4 aromatic rings. The fourth-order valence-corrected chi connectivity index (χ4v) is 5.90. The number of benzene rings is 4. The maximum Gasteiger partial charge on any atom is 0.264 e. The second kappa shape index (κ2) is 12.4. The van der Waals surface area contributed by atoms with E-state index < -0.39 is 22.0 Å². The van der Waals surface area contributed by atoms with Crippen molar-refractivity contribution in [3.63, 3.8) is 0 Å². The number of methoxy groups -OCH3 is 2. The van der Waals surface area contributed by atoms with Gasteiger partial charge in [-0.2, -0.15) is 0 Å². The minimum Gasteiger partial charge on any atom is -0.497 e. The van der Waals surface area contributed by atoms with Crippen LogP contribution in [0.15, 0.2) is 95.9 Å². The zero-order valence-electron chi connectivity index (χ0n) is 22.7. The molecule has 0 aliphatic heterocycles. The summed E-state index contributed by atoms with van der Waals surface area (Å²) >= 11 is 6.07. The average Bonchev–Trinajstić information content (AvgIpc) is 2.96. The fraction of sp³-hybridized carbons (Fsp3) is 0.194. The van der Waals surface area contributed by atoms with Crippen molar-refractivity contribution < 1.29 is 22.7 Å². The Morgan fingerprint density at radius 2 is 1.60 bits per heavy atom. The van der Waals surface area contributed by atoms with Crippen LogP contribution in [0.3, 0.4) is 0 Å². The summed E-state index contributed by atoms with van der Waals surface area (Å²) in [5.41, 5.74) is 2.83. The van der Waals surface area contributed by atoms with E-state index in [1.54, 1.807) is 105 Å². The summed E-state index contributed by atoms with van der Waals surface area (Å²) < 4.78 is 40.1. The number of anilines is 1. The molecular weight excluding hydrogens is 548 g/mol. The van der Waals surface area contributed by atoms with Gasteiger partial charge in [-0.1, -0.05) is 53.6 Å². The van der Waals surface area contributed by atoms with Crippen molar-refractivity contribution in [2.75, 3.05) is 18.5 Å². The molecule has 4 rings (SSSR count). The summed E-state index contributed by atoms with van der Waals surface area (Å²) in [6.45, 7) is 3.71. The minimum absolute atomic E-state index is 0.00304. The number of hydrogen-bond acceptors (Lipinski definition) is 5. The first-order chi connectivity index (χ1) is 19.1. The van der Waals surface area contributed by atoms with Crippen molar-refractivity contribution in [2.45, 2.75) is 31.3 Å². The number of amides is 1. The summed E-state index contributed by atoms with van der Waals surface area (Å²) in [4.78, 5) is 13.8. The predicted octanol–water partition coefficient (Wildman–Crippen LogP) is 6.55. The van der Waals surface area contributed by atoms with Gasteiger partial charge in [-0.3, -0.25) is 9.10 Å². The van der Waals surface area contributed by atoms with E-state index in [0.29, 0.717) is 22.1 Å². The Balaban J connectivity index is 1.75. The molecule has 0 bridgehead atoms. The zero-order chi connectivity index (χ0) is 28.9. The fourth-order valence-electron chi connectivity index (χ4n) is 4.31. The lowest BCUT2D eigenvalue weighted by Gasteiger charge is -2.27. The van der Waals surface area contributed by atoms with Crippen LogP contribution in [0.4, 0.5) is 5.69 Å². The topological polar surface area (TPSA) is 84.9 Å². The summed E-state index contributed by atoms with van der Waals surface area (Å²) in [7, 11) is -0.932. The first-order valence-corrected chi connectivity index (χ1v) is 14.4. The van der Waals surface area contributed by atoms with Gasteiger partial charge in [0.1, 0.15) is 11.5 Å². The molecule has 1 atom stereocenters. The number of carbonyl (C=O) groups excluding carboxylic acids is 1. The summed E-state index contributed by atoms with van der Waals surface area (Å²) in [6, 6.07) is 25.1. The van der Waals surface area contributed by atoms with Gasteiger partial charge in [0.25, 0.3) is 15.9 Å². The molecular formula is C31H31ClN2O5S. The number of nitrogens with zero attached hydrogens (tertiary/aromatic N) is 1. The van der Waals surface area contributed by atoms with Gasteiger partial charge in [0.05, 0.1) is 43.0 Å². The molecule has 0 spiro atoms. The minimum atomic E-state index is -4.05. The molecule has 0 aromatic heterocycles. The second-order valence-corrected chi connectivity index (χ2v) is 11.6. The smallest absolute Gasteiger partial charge is 0.264 e. The number of para-hydroxylation sites is 1. The molecule has 1 unspecified atom stereocenters. The number of halogens is 1. The molecule has 208 valence electrons. The molecule has 0 fully saturated rings. The standard InChI is InChI=1S/C31H31ClN2O5S/c1-21-9-16-26(17-10-21)40(36,37)34(20-23-11-13-24(32)14-12-23)29-8-6-5-7-27(29)31(35)33-22(2)28-19-25(38-3)15-18-30(28)39-4/h5-19,22H,20H2,1-4H3,(H,33,35). The molecule has 9 heteroatoms. The van der Waals surface area contributed by atoms with Crippen LogP contribution in [0.1, 0.15) is 40.0 Å². The van der Waals surface area contributed by atoms with Crippen LogP contribution in [-0.4, -0.2) is 28.5 Å². The first kappa shape index (κ1) is 29.0. The van der Waals surface area contributed by atoms with Gasteiger partial charge in [-0.25, -0.2) is 8.42 Å². The Bertz CT molecular complexity index is 1590. The van der Waals surface area contributed by atoms with Crippen molar-refractivity contribution in [3.05, 3.63) is 118 Å². The lowest BCUT2D eigenvalue weighted by atomic mass is 10.1. The number of sulfonamides is 1. The van der Waals surface area contributed by atoms with Gasteiger partial charge in [-0.05, 0) is 74.0 Å². The van der Waals surface area contributed by atoms with Crippen LogP contribution < -0.4 is 19.1 Å². The van der Waals surface area contributed by atoms with Crippen LogP contribution in [0, 0.1) is 6.92 Å². The summed E-state index contributed by atoms with van der Waals surface area (Å²) in [6.07, 6.45) is 0. The van der Waals surface area contributed by atoms with Crippen LogP contribution in [0.2, 0.25) is 5.02 Å². The molecule has 7 nitrogen and oxygen atoms in total. The van der Waals surface area contributed by atoms with Gasteiger partial charge in [0.15, 0.2) is 0 Å². The lowest BCUT2D eigenvalue weighted by molar-refractivity contribution is 0.0940. The van der Waals surface area contributed by atoms with Crippen molar-refractivity contribution in [3.8, 4) is 11.5 Å². The van der Waals surface area contributed by atoms with E-state index in [1.807, 2.05) is 13.8 Å². The molecule has 0 heterocycles. The van der Waals surface area contributed by atoms with E-state index in [0.717, 1.165) is 11.1 Å². The zero-order valence-corrected chi connectivity index (χ0v) is 24.3. The van der Waals surface area contributed by atoms with Gasteiger partial charge in [0.2, 0.25) is 0 Å². The van der Waals surface area contributed by atoms with E-state index >= 15 is 0 Å². The Kier molecular flexibility index (Phi) is 9.02. The highest BCUT2D eigenvalue weighted by molar-refractivity contribution is 7.92. The number of aryl methyl sites for hydroxylation is 1. The van der Waals surface area contributed by atoms with E-state index in [2.05, 4.69) is 5.32 Å². The van der Waals surface area contributed by atoms with Crippen LogP contribution in [-0.2, 0) is 16.6 Å². The predicted molar refractivity (Wildman–Crippen MR) is 158 cm³/mol. The first-order valence-electron chi connectivity index (χ1n) is 12.6. The number of carbonyl (C=O) groups is 1.